The molecule has 1 saturated heterocycles. The van der Waals surface area contributed by atoms with Gasteiger partial charge in [0.25, 0.3) is 11.8 Å². The van der Waals surface area contributed by atoms with Crippen molar-refractivity contribution in [3.63, 3.8) is 0 Å². The lowest BCUT2D eigenvalue weighted by molar-refractivity contribution is -0.157. The van der Waals surface area contributed by atoms with Gasteiger partial charge in [-0.05, 0) is 38.0 Å². The number of amides is 2. The molecule has 124 valence electrons. The Labute approximate surface area is 133 Å². The molecule has 1 aromatic carbocycles. The third-order valence-electron chi connectivity index (χ3n) is 3.55. The van der Waals surface area contributed by atoms with Gasteiger partial charge >= 0.3 is 5.97 Å². The van der Waals surface area contributed by atoms with Crippen LogP contribution in [0.2, 0.25) is 0 Å². The molecule has 2 amide bonds. The van der Waals surface area contributed by atoms with Gasteiger partial charge in [0, 0.05) is 18.7 Å². The minimum absolute atomic E-state index is 0.110. The molecule has 0 aliphatic carbocycles. The summed E-state index contributed by atoms with van der Waals surface area (Å²) in [6.07, 6.45) is 1.03. The summed E-state index contributed by atoms with van der Waals surface area (Å²) in [7, 11) is 0. The average molecular weight is 322 g/mol. The Kier molecular flexibility index (Phi) is 5.67. The van der Waals surface area contributed by atoms with Crippen LogP contribution in [0.1, 0.15) is 30.1 Å². The van der Waals surface area contributed by atoms with Crippen LogP contribution in [0, 0.1) is 5.82 Å². The molecular weight excluding hydrogens is 303 g/mol. The summed E-state index contributed by atoms with van der Waals surface area (Å²) in [5, 5.41) is 2.33. The predicted octanol–water partition coefficient (Wildman–Crippen LogP) is 1.11. The van der Waals surface area contributed by atoms with Crippen LogP contribution in [0.25, 0.3) is 0 Å². The Morgan fingerprint density at radius 2 is 2.00 bits per heavy atom. The van der Waals surface area contributed by atoms with Crippen molar-refractivity contribution in [3.05, 3.63) is 35.6 Å². The highest BCUT2D eigenvalue weighted by Gasteiger charge is 2.25. The van der Waals surface area contributed by atoms with E-state index in [9.17, 15) is 18.8 Å². The van der Waals surface area contributed by atoms with Gasteiger partial charge in [-0.2, -0.15) is 0 Å². The summed E-state index contributed by atoms with van der Waals surface area (Å²) in [5.41, 5.74) is 0.110. The van der Waals surface area contributed by atoms with E-state index in [1.807, 2.05) is 0 Å². The number of likely N-dealkylation sites (tertiary alicyclic amines) is 1. The Bertz CT molecular complexity index is 599. The minimum atomic E-state index is -0.883. The lowest BCUT2D eigenvalue weighted by Crippen LogP contribution is -2.40. The molecule has 0 spiro atoms. The molecule has 1 aliphatic rings. The molecule has 1 aliphatic heterocycles. The van der Waals surface area contributed by atoms with Crippen molar-refractivity contribution < 1.29 is 23.5 Å². The quantitative estimate of drug-likeness (QED) is 0.824. The normalized spacial score (nSPS) is 15.1. The fraction of sp³-hybridized carbons (Fsp3) is 0.438. The summed E-state index contributed by atoms with van der Waals surface area (Å²) < 4.78 is 18.0. The second-order valence-corrected chi connectivity index (χ2v) is 5.36. The number of esters is 1. The first-order valence-electron chi connectivity index (χ1n) is 7.49. The van der Waals surface area contributed by atoms with Crippen molar-refractivity contribution in [2.24, 2.45) is 0 Å². The number of hydrogen-bond donors (Lipinski definition) is 1. The van der Waals surface area contributed by atoms with Crippen molar-refractivity contribution in [3.8, 4) is 0 Å². The average Bonchev–Trinajstić information content (AvgIpc) is 3.06. The van der Waals surface area contributed by atoms with Gasteiger partial charge in [0.15, 0.2) is 6.10 Å². The molecule has 0 unspecified atom stereocenters. The second-order valence-electron chi connectivity index (χ2n) is 5.36. The SMILES string of the molecule is C[C@@H](OC(=O)CNC(=O)c1cccc(F)c1)C(=O)N1CCCC1. The van der Waals surface area contributed by atoms with Gasteiger partial charge in [0.1, 0.15) is 12.4 Å². The van der Waals surface area contributed by atoms with Crippen molar-refractivity contribution in [2.45, 2.75) is 25.9 Å². The summed E-state index contributed by atoms with van der Waals surface area (Å²) in [4.78, 5) is 37.1. The zero-order chi connectivity index (χ0) is 16.8. The van der Waals surface area contributed by atoms with Crippen molar-refractivity contribution in [1.29, 1.82) is 0 Å². The van der Waals surface area contributed by atoms with E-state index >= 15 is 0 Å². The van der Waals surface area contributed by atoms with Crippen LogP contribution in [0.3, 0.4) is 0 Å². The maximum absolute atomic E-state index is 13.0. The molecule has 2 rings (SSSR count). The fourth-order valence-corrected chi connectivity index (χ4v) is 2.37. The number of carbonyl (C=O) groups is 3. The highest BCUT2D eigenvalue weighted by molar-refractivity contribution is 5.96. The molecule has 1 heterocycles. The first kappa shape index (κ1) is 16.9. The molecule has 7 heteroatoms. The lowest BCUT2D eigenvalue weighted by Gasteiger charge is -2.20. The van der Waals surface area contributed by atoms with Crippen molar-refractivity contribution in [1.82, 2.24) is 10.2 Å². The number of hydrogen-bond acceptors (Lipinski definition) is 4. The molecule has 0 aromatic heterocycles. The highest BCUT2D eigenvalue weighted by atomic mass is 19.1. The Hall–Kier alpha value is -2.44. The van der Waals surface area contributed by atoms with Crippen molar-refractivity contribution in [2.75, 3.05) is 19.6 Å². The maximum Gasteiger partial charge on any atom is 0.326 e. The molecule has 1 fully saturated rings. The Balaban J connectivity index is 1.78. The molecule has 1 N–H and O–H groups in total. The number of nitrogens with one attached hydrogen (secondary N) is 1. The molecule has 23 heavy (non-hydrogen) atoms. The number of rotatable bonds is 5. The van der Waals surface area contributed by atoms with Gasteiger partial charge in [0.05, 0.1) is 0 Å². The predicted molar refractivity (Wildman–Crippen MR) is 80.1 cm³/mol. The molecule has 6 nitrogen and oxygen atoms in total. The van der Waals surface area contributed by atoms with Gasteiger partial charge in [0.2, 0.25) is 0 Å². The van der Waals surface area contributed by atoms with E-state index in [0.29, 0.717) is 13.1 Å². The van der Waals surface area contributed by atoms with E-state index in [4.69, 9.17) is 4.74 Å². The zero-order valence-electron chi connectivity index (χ0n) is 12.9. The Morgan fingerprint density at radius 1 is 1.30 bits per heavy atom. The van der Waals surface area contributed by atoms with E-state index < -0.39 is 23.8 Å². The lowest BCUT2D eigenvalue weighted by atomic mass is 10.2. The minimum Gasteiger partial charge on any atom is -0.451 e. The van der Waals surface area contributed by atoms with Crippen molar-refractivity contribution >= 4 is 17.8 Å². The van der Waals surface area contributed by atoms with Crippen LogP contribution < -0.4 is 5.32 Å². The number of halogens is 1. The smallest absolute Gasteiger partial charge is 0.326 e. The summed E-state index contributed by atoms with van der Waals surface area (Å²) in [5.74, 6) is -2.06. The number of carbonyl (C=O) groups excluding carboxylic acids is 3. The number of nitrogens with zero attached hydrogens (tertiary/aromatic N) is 1. The second kappa shape index (κ2) is 7.71. The Morgan fingerprint density at radius 3 is 2.65 bits per heavy atom. The molecule has 0 saturated carbocycles. The fourth-order valence-electron chi connectivity index (χ4n) is 2.37. The monoisotopic (exact) mass is 322 g/mol. The van der Waals surface area contributed by atoms with Crippen LogP contribution >= 0.6 is 0 Å². The van der Waals surface area contributed by atoms with Crippen LogP contribution in [-0.4, -0.2) is 48.4 Å². The van der Waals surface area contributed by atoms with Crippen LogP contribution in [0.15, 0.2) is 24.3 Å². The van der Waals surface area contributed by atoms with E-state index in [2.05, 4.69) is 5.32 Å². The highest BCUT2D eigenvalue weighted by Crippen LogP contribution is 2.10. The summed E-state index contributed by atoms with van der Waals surface area (Å²) in [6.45, 7) is 2.48. The molecule has 0 radical (unpaired) electrons. The third-order valence-corrected chi connectivity index (χ3v) is 3.55. The van der Waals surface area contributed by atoms with Crippen LogP contribution in [-0.2, 0) is 14.3 Å². The first-order valence-corrected chi connectivity index (χ1v) is 7.49. The molecule has 0 bridgehead atoms. The van der Waals surface area contributed by atoms with Gasteiger partial charge in [-0.15, -0.1) is 0 Å². The van der Waals surface area contributed by atoms with E-state index in [0.717, 1.165) is 18.9 Å². The maximum atomic E-state index is 13.0. The third kappa shape index (κ3) is 4.77. The molecule has 1 aromatic rings. The largest absolute Gasteiger partial charge is 0.451 e. The van der Waals surface area contributed by atoms with E-state index in [1.165, 1.54) is 25.1 Å². The first-order chi connectivity index (χ1) is 11.0. The molecule has 1 atom stereocenters. The number of ether oxygens (including phenoxy) is 1. The van der Waals surface area contributed by atoms with Gasteiger partial charge in [-0.1, -0.05) is 6.07 Å². The van der Waals surface area contributed by atoms with E-state index in [-0.39, 0.29) is 18.0 Å². The molecular formula is C16H19FN2O4. The number of benzene rings is 1. The van der Waals surface area contributed by atoms with Gasteiger partial charge < -0.3 is 15.0 Å². The topological polar surface area (TPSA) is 75.7 Å². The van der Waals surface area contributed by atoms with Gasteiger partial charge in [-0.3, -0.25) is 14.4 Å². The van der Waals surface area contributed by atoms with Crippen LogP contribution in [0.5, 0.6) is 0 Å². The standard InChI is InChI=1S/C16H19FN2O4/c1-11(16(22)19-7-2-3-8-19)23-14(20)10-18-15(21)12-5-4-6-13(17)9-12/h4-6,9,11H,2-3,7-8,10H2,1H3,(H,18,21)/t11-/m1/s1. The summed E-state index contributed by atoms with van der Waals surface area (Å²) >= 11 is 0. The summed E-state index contributed by atoms with van der Waals surface area (Å²) in [6, 6.07) is 5.12. The van der Waals surface area contributed by atoms with Gasteiger partial charge in [-0.25, -0.2) is 4.39 Å². The van der Waals surface area contributed by atoms with E-state index in [1.54, 1.807) is 4.90 Å². The van der Waals surface area contributed by atoms with Crippen LogP contribution in [0.4, 0.5) is 4.39 Å². The zero-order valence-corrected chi connectivity index (χ0v) is 12.9.